The molecule has 0 saturated heterocycles. The number of aryl methyl sites for hydroxylation is 3. The Morgan fingerprint density at radius 3 is 1.90 bits per heavy atom. The summed E-state index contributed by atoms with van der Waals surface area (Å²) in [5.74, 6) is 6.15. The highest BCUT2D eigenvalue weighted by Crippen LogP contribution is 2.30. The maximum atomic E-state index is 8.88. The van der Waals surface area contributed by atoms with Gasteiger partial charge in [-0.1, -0.05) is 35.7 Å². The van der Waals surface area contributed by atoms with Crippen LogP contribution in [0.2, 0.25) is 0 Å². The van der Waals surface area contributed by atoms with Crippen LogP contribution in [0.5, 0.6) is 0 Å². The molecule has 4 nitrogen and oxygen atoms in total. The second-order valence-corrected chi connectivity index (χ2v) is 7.29. The predicted molar refractivity (Wildman–Crippen MR) is 122 cm³/mol. The van der Waals surface area contributed by atoms with Crippen LogP contribution in [0.15, 0.2) is 36.4 Å². The van der Waals surface area contributed by atoms with Crippen LogP contribution in [0.25, 0.3) is 11.1 Å². The predicted octanol–water partition coefficient (Wildman–Crippen LogP) is 3.92. The molecule has 0 amide bonds. The van der Waals surface area contributed by atoms with Gasteiger partial charge in [0.05, 0.1) is 26.4 Å². The maximum Gasteiger partial charge on any atom is 0.0697 e. The van der Waals surface area contributed by atoms with E-state index in [-0.39, 0.29) is 13.2 Å². The normalized spacial score (nSPS) is 10.7. The third-order valence-corrected chi connectivity index (χ3v) is 4.87. The lowest BCUT2D eigenvalue weighted by atomic mass is 9.89. The second kappa shape index (κ2) is 14.0. The minimum atomic E-state index is 0.0571. The maximum absolute atomic E-state index is 8.88. The molecule has 0 aliphatic rings. The summed E-state index contributed by atoms with van der Waals surface area (Å²) < 4.78 is 10.9. The minimum absolute atomic E-state index is 0.0571. The number of aliphatic hydroxyl groups excluding tert-OH is 2. The monoisotopic (exact) mass is 410 g/mol. The van der Waals surface area contributed by atoms with Crippen molar-refractivity contribution >= 4 is 0 Å². The molecule has 2 aromatic rings. The number of aliphatic hydroxyl groups is 2. The van der Waals surface area contributed by atoms with Crippen LogP contribution in [-0.4, -0.2) is 49.9 Å². The zero-order valence-corrected chi connectivity index (χ0v) is 18.2. The molecule has 0 heterocycles. The van der Waals surface area contributed by atoms with Gasteiger partial charge in [0.2, 0.25) is 0 Å². The zero-order chi connectivity index (χ0) is 21.6. The smallest absolute Gasteiger partial charge is 0.0697 e. The van der Waals surface area contributed by atoms with Crippen molar-refractivity contribution in [2.75, 3.05) is 39.6 Å². The van der Waals surface area contributed by atoms with Crippen LogP contribution in [-0.2, 0) is 22.3 Å². The van der Waals surface area contributed by atoms with Crippen LogP contribution in [0.3, 0.4) is 0 Å². The molecule has 2 N–H and O–H groups in total. The molecular formula is C26H34O4. The lowest BCUT2D eigenvalue weighted by molar-refractivity contribution is 0.0908. The van der Waals surface area contributed by atoms with Crippen molar-refractivity contribution < 1.29 is 19.7 Å². The Morgan fingerprint density at radius 2 is 1.33 bits per heavy atom. The number of hydrogen-bond donors (Lipinski definition) is 2. The first-order valence-corrected chi connectivity index (χ1v) is 10.7. The van der Waals surface area contributed by atoms with E-state index in [0.717, 1.165) is 31.2 Å². The second-order valence-electron chi connectivity index (χ2n) is 7.29. The molecule has 0 aliphatic heterocycles. The lowest BCUT2D eigenvalue weighted by Gasteiger charge is -2.16. The summed E-state index contributed by atoms with van der Waals surface area (Å²) in [6.07, 6.45) is 3.64. The molecule has 0 unspecified atom stereocenters. The first kappa shape index (κ1) is 24.1. The van der Waals surface area contributed by atoms with Gasteiger partial charge in [0, 0.05) is 18.8 Å². The van der Waals surface area contributed by atoms with Gasteiger partial charge in [-0.15, -0.1) is 5.92 Å². The molecule has 162 valence electrons. The summed E-state index contributed by atoms with van der Waals surface area (Å²) >= 11 is 0. The third-order valence-electron chi connectivity index (χ3n) is 4.87. The quantitative estimate of drug-likeness (QED) is 0.388. The number of benzene rings is 2. The molecule has 30 heavy (non-hydrogen) atoms. The molecule has 0 aromatic heterocycles. The Kier molecular flexibility index (Phi) is 11.2. The molecule has 2 aromatic carbocycles. The van der Waals surface area contributed by atoms with Gasteiger partial charge in [-0.05, 0) is 73.9 Å². The van der Waals surface area contributed by atoms with Crippen molar-refractivity contribution in [2.24, 2.45) is 0 Å². The average Bonchev–Trinajstić information content (AvgIpc) is 2.74. The van der Waals surface area contributed by atoms with Gasteiger partial charge >= 0.3 is 0 Å². The van der Waals surface area contributed by atoms with Crippen LogP contribution in [0.1, 0.15) is 42.0 Å². The van der Waals surface area contributed by atoms with Gasteiger partial charge in [-0.2, -0.15) is 0 Å². The molecule has 0 radical (unpaired) electrons. The van der Waals surface area contributed by atoms with Gasteiger partial charge in [-0.3, -0.25) is 0 Å². The van der Waals surface area contributed by atoms with E-state index in [1.807, 2.05) is 6.92 Å². The number of hydrogen-bond acceptors (Lipinski definition) is 4. The molecular weight excluding hydrogens is 376 g/mol. The van der Waals surface area contributed by atoms with E-state index in [2.05, 4.69) is 55.2 Å². The fourth-order valence-electron chi connectivity index (χ4n) is 3.54. The van der Waals surface area contributed by atoms with E-state index in [0.29, 0.717) is 26.4 Å². The minimum Gasteiger partial charge on any atom is -0.394 e. The van der Waals surface area contributed by atoms with Gasteiger partial charge < -0.3 is 19.7 Å². The topological polar surface area (TPSA) is 58.9 Å². The summed E-state index contributed by atoms with van der Waals surface area (Å²) in [5, 5.41) is 17.7. The first-order chi connectivity index (χ1) is 14.7. The highest BCUT2D eigenvalue weighted by molar-refractivity contribution is 5.72. The van der Waals surface area contributed by atoms with Crippen molar-refractivity contribution in [1.82, 2.24) is 0 Å². The highest BCUT2D eigenvalue weighted by atomic mass is 16.5. The van der Waals surface area contributed by atoms with Gasteiger partial charge in [0.1, 0.15) is 0 Å². The van der Waals surface area contributed by atoms with Gasteiger partial charge in [-0.25, -0.2) is 0 Å². The van der Waals surface area contributed by atoms with E-state index in [9.17, 15) is 0 Å². The standard InChI is InChI=1S/C26H34O4/c1-3-6-22-10-12-26(24(20-22)8-5-16-30-18-14-28)25-11-9-21(2)19-23(25)7-4-15-29-17-13-27/h9-12,19-20,27-28H,4-5,7-8,13-18H2,1-2H3. The summed E-state index contributed by atoms with van der Waals surface area (Å²) in [4.78, 5) is 0. The van der Waals surface area contributed by atoms with E-state index < -0.39 is 0 Å². The molecule has 0 spiro atoms. The molecule has 0 bridgehead atoms. The third kappa shape index (κ3) is 7.93. The molecule has 4 heteroatoms. The number of ether oxygens (including phenoxy) is 2. The van der Waals surface area contributed by atoms with E-state index in [1.165, 1.54) is 27.8 Å². The largest absolute Gasteiger partial charge is 0.394 e. The number of rotatable bonds is 13. The summed E-state index contributed by atoms with van der Waals surface area (Å²) in [6, 6.07) is 13.1. The molecule has 0 atom stereocenters. The lowest BCUT2D eigenvalue weighted by Crippen LogP contribution is -2.04. The van der Waals surface area contributed by atoms with Crippen molar-refractivity contribution in [3.63, 3.8) is 0 Å². The molecule has 2 rings (SSSR count). The SMILES string of the molecule is CC#Cc1ccc(-c2ccc(C)cc2CCCOCCO)c(CCCOCCO)c1. The van der Waals surface area contributed by atoms with E-state index in [4.69, 9.17) is 19.7 Å². The Bertz CT molecular complexity index is 833. The summed E-state index contributed by atoms with van der Waals surface area (Å²) in [7, 11) is 0. The fourth-order valence-corrected chi connectivity index (χ4v) is 3.54. The Labute approximate surface area is 180 Å². The van der Waals surface area contributed by atoms with Crippen LogP contribution in [0, 0.1) is 18.8 Å². The van der Waals surface area contributed by atoms with E-state index in [1.54, 1.807) is 0 Å². The fraction of sp³-hybridized carbons (Fsp3) is 0.462. The van der Waals surface area contributed by atoms with Crippen molar-refractivity contribution in [2.45, 2.75) is 39.5 Å². The molecule has 0 fully saturated rings. The molecule has 0 saturated carbocycles. The first-order valence-electron chi connectivity index (χ1n) is 10.7. The summed E-state index contributed by atoms with van der Waals surface area (Å²) in [6.45, 7) is 6.15. The van der Waals surface area contributed by atoms with Gasteiger partial charge in [0.15, 0.2) is 0 Å². The molecule has 0 aliphatic carbocycles. The van der Waals surface area contributed by atoms with Crippen LogP contribution >= 0.6 is 0 Å². The summed E-state index contributed by atoms with van der Waals surface area (Å²) in [5.41, 5.74) is 7.35. The Hall–Kier alpha value is -2.16. The average molecular weight is 411 g/mol. The van der Waals surface area contributed by atoms with Crippen molar-refractivity contribution in [3.05, 3.63) is 58.7 Å². The van der Waals surface area contributed by atoms with Crippen molar-refractivity contribution in [3.8, 4) is 23.0 Å². The zero-order valence-electron chi connectivity index (χ0n) is 18.2. The van der Waals surface area contributed by atoms with Crippen LogP contribution < -0.4 is 0 Å². The van der Waals surface area contributed by atoms with Crippen LogP contribution in [0.4, 0.5) is 0 Å². The van der Waals surface area contributed by atoms with Gasteiger partial charge in [0.25, 0.3) is 0 Å². The van der Waals surface area contributed by atoms with E-state index >= 15 is 0 Å². The van der Waals surface area contributed by atoms with Crippen molar-refractivity contribution in [1.29, 1.82) is 0 Å². The Morgan fingerprint density at radius 1 is 0.767 bits per heavy atom. The Balaban J connectivity index is 2.25. The highest BCUT2D eigenvalue weighted by Gasteiger charge is 2.11.